The van der Waals surface area contributed by atoms with E-state index in [1.165, 1.54) is 11.8 Å². The van der Waals surface area contributed by atoms with Gasteiger partial charge in [-0.2, -0.15) is 0 Å². The van der Waals surface area contributed by atoms with Crippen molar-refractivity contribution < 1.29 is 19.0 Å². The van der Waals surface area contributed by atoms with Crippen LogP contribution in [0.2, 0.25) is 0 Å². The van der Waals surface area contributed by atoms with Gasteiger partial charge in [0.05, 0.1) is 29.1 Å². The average Bonchev–Trinajstić information content (AvgIpc) is 3.25. The van der Waals surface area contributed by atoms with Gasteiger partial charge in [0.2, 0.25) is 0 Å². The number of rotatable bonds is 7. The van der Waals surface area contributed by atoms with E-state index in [1.54, 1.807) is 18.1 Å². The van der Waals surface area contributed by atoms with E-state index in [4.69, 9.17) is 26.4 Å². The summed E-state index contributed by atoms with van der Waals surface area (Å²) in [6.45, 7) is 5.29. The van der Waals surface area contributed by atoms with Crippen molar-refractivity contribution in [2.24, 2.45) is 0 Å². The van der Waals surface area contributed by atoms with Crippen LogP contribution in [0.1, 0.15) is 18.4 Å². The number of methoxy groups -OCH3 is 1. The van der Waals surface area contributed by atoms with Crippen LogP contribution in [0.3, 0.4) is 0 Å². The fourth-order valence-corrected chi connectivity index (χ4v) is 4.76. The minimum Gasteiger partial charge on any atom is -0.493 e. The number of carbonyl (C=O) groups is 1. The van der Waals surface area contributed by atoms with Crippen LogP contribution in [0.5, 0.6) is 11.5 Å². The molecule has 144 valence electrons. The molecule has 1 atom stereocenters. The minimum atomic E-state index is -0.0810. The highest BCUT2D eigenvalue weighted by Crippen LogP contribution is 2.39. The van der Waals surface area contributed by atoms with Gasteiger partial charge in [-0.25, -0.2) is 0 Å². The second-order valence-electron chi connectivity index (χ2n) is 6.06. The summed E-state index contributed by atoms with van der Waals surface area (Å²) in [6.07, 6.45) is 5.55. The summed E-state index contributed by atoms with van der Waals surface area (Å²) in [5, 5.41) is 0. The van der Waals surface area contributed by atoms with Crippen LogP contribution in [-0.2, 0) is 9.53 Å². The molecule has 0 unspecified atom stereocenters. The number of thiocarbonyl (C=S) groups is 1. The molecule has 27 heavy (non-hydrogen) atoms. The molecule has 0 saturated carbocycles. The van der Waals surface area contributed by atoms with E-state index in [0.717, 1.165) is 29.5 Å². The standard InChI is InChI=1S/C19H20BrNO4S2/c1-3-6-25-17-14(20)8-12(9-15(17)23-2)10-16-18(22)21(19(26)27-16)11-13-5-4-7-24-13/h3,8-10,13H,1,4-7,11H2,2H3/b16-10-/t13-/m1/s1. The molecule has 1 aromatic carbocycles. The van der Waals surface area contributed by atoms with Gasteiger partial charge in [0.25, 0.3) is 5.91 Å². The van der Waals surface area contributed by atoms with E-state index in [-0.39, 0.29) is 12.0 Å². The van der Waals surface area contributed by atoms with Crippen LogP contribution in [-0.4, -0.2) is 48.1 Å². The predicted molar refractivity (Wildman–Crippen MR) is 115 cm³/mol. The Morgan fingerprint density at radius 2 is 2.33 bits per heavy atom. The van der Waals surface area contributed by atoms with Crippen molar-refractivity contribution in [3.63, 3.8) is 0 Å². The first kappa shape index (κ1) is 20.4. The number of amides is 1. The lowest BCUT2D eigenvalue weighted by Gasteiger charge is -2.18. The Morgan fingerprint density at radius 3 is 3.00 bits per heavy atom. The molecule has 2 aliphatic rings. The third-order valence-electron chi connectivity index (χ3n) is 4.18. The van der Waals surface area contributed by atoms with E-state index < -0.39 is 0 Å². The van der Waals surface area contributed by atoms with Gasteiger partial charge in [0.15, 0.2) is 11.5 Å². The molecule has 5 nitrogen and oxygen atoms in total. The molecule has 0 N–H and O–H groups in total. The van der Waals surface area contributed by atoms with Crippen molar-refractivity contribution >= 4 is 56.2 Å². The number of thioether (sulfide) groups is 1. The zero-order valence-corrected chi connectivity index (χ0v) is 18.1. The van der Waals surface area contributed by atoms with Crippen molar-refractivity contribution in [2.75, 3.05) is 26.9 Å². The molecule has 0 aliphatic carbocycles. The third-order valence-corrected chi connectivity index (χ3v) is 6.15. The van der Waals surface area contributed by atoms with Gasteiger partial charge in [0.1, 0.15) is 10.9 Å². The van der Waals surface area contributed by atoms with Gasteiger partial charge in [-0.05, 0) is 52.5 Å². The van der Waals surface area contributed by atoms with Gasteiger partial charge in [-0.3, -0.25) is 9.69 Å². The maximum Gasteiger partial charge on any atom is 0.266 e. The van der Waals surface area contributed by atoms with E-state index in [1.807, 2.05) is 18.2 Å². The molecule has 8 heteroatoms. The maximum atomic E-state index is 12.8. The summed E-state index contributed by atoms with van der Waals surface area (Å²) < 4.78 is 18.0. The predicted octanol–water partition coefficient (Wildman–Crippen LogP) is 4.40. The van der Waals surface area contributed by atoms with Crippen molar-refractivity contribution in [3.05, 3.63) is 39.7 Å². The van der Waals surface area contributed by atoms with Crippen molar-refractivity contribution in [2.45, 2.75) is 18.9 Å². The maximum absolute atomic E-state index is 12.8. The number of halogens is 1. The SMILES string of the molecule is C=CCOc1c(Br)cc(/C=C2\SC(=S)N(C[C@H]3CCCO3)C2=O)cc1OC. The molecular weight excluding hydrogens is 450 g/mol. The Kier molecular flexibility index (Phi) is 6.97. The molecule has 0 radical (unpaired) electrons. The van der Waals surface area contributed by atoms with Gasteiger partial charge in [0, 0.05) is 6.61 Å². The number of ether oxygens (including phenoxy) is 3. The van der Waals surface area contributed by atoms with Gasteiger partial charge < -0.3 is 14.2 Å². The van der Waals surface area contributed by atoms with Gasteiger partial charge in [-0.1, -0.05) is 36.6 Å². The topological polar surface area (TPSA) is 48.0 Å². The normalized spacial score (nSPS) is 21.2. The Balaban J connectivity index is 1.81. The van der Waals surface area contributed by atoms with Crippen LogP contribution in [0.4, 0.5) is 0 Å². The lowest BCUT2D eigenvalue weighted by molar-refractivity contribution is -0.123. The molecular formula is C19H20BrNO4S2. The Bertz CT molecular complexity index is 790. The second kappa shape index (κ2) is 9.23. The largest absolute Gasteiger partial charge is 0.493 e. The van der Waals surface area contributed by atoms with Crippen LogP contribution in [0.15, 0.2) is 34.2 Å². The summed E-state index contributed by atoms with van der Waals surface area (Å²) in [7, 11) is 1.58. The Labute approximate surface area is 176 Å². The smallest absolute Gasteiger partial charge is 0.266 e. The third kappa shape index (κ3) is 4.74. The molecule has 2 saturated heterocycles. The van der Waals surface area contributed by atoms with E-state index in [0.29, 0.717) is 33.9 Å². The molecule has 1 amide bonds. The fourth-order valence-electron chi connectivity index (χ4n) is 2.91. The quantitative estimate of drug-likeness (QED) is 0.335. The molecule has 1 aromatic rings. The van der Waals surface area contributed by atoms with E-state index >= 15 is 0 Å². The zero-order valence-electron chi connectivity index (χ0n) is 14.9. The molecule has 0 spiro atoms. The van der Waals surface area contributed by atoms with Gasteiger partial charge >= 0.3 is 0 Å². The summed E-state index contributed by atoms with van der Waals surface area (Å²) in [4.78, 5) is 15.0. The van der Waals surface area contributed by atoms with Crippen molar-refractivity contribution in [1.29, 1.82) is 0 Å². The zero-order chi connectivity index (χ0) is 19.4. The summed E-state index contributed by atoms with van der Waals surface area (Å²) >= 11 is 10.2. The van der Waals surface area contributed by atoms with Crippen molar-refractivity contribution in [1.82, 2.24) is 4.90 Å². The van der Waals surface area contributed by atoms with Crippen LogP contribution >= 0.6 is 39.9 Å². The van der Waals surface area contributed by atoms with Crippen molar-refractivity contribution in [3.8, 4) is 11.5 Å². The molecule has 2 heterocycles. The molecule has 0 bridgehead atoms. The Hall–Kier alpha value is -1.35. The van der Waals surface area contributed by atoms with Gasteiger partial charge in [-0.15, -0.1) is 0 Å². The summed E-state index contributed by atoms with van der Waals surface area (Å²) in [5.74, 6) is 1.09. The number of hydrogen-bond donors (Lipinski definition) is 0. The highest BCUT2D eigenvalue weighted by atomic mass is 79.9. The highest BCUT2D eigenvalue weighted by molar-refractivity contribution is 9.10. The minimum absolute atomic E-state index is 0.0716. The first-order valence-electron chi connectivity index (χ1n) is 8.51. The molecule has 0 aromatic heterocycles. The first-order chi connectivity index (χ1) is 13.0. The number of benzene rings is 1. The highest BCUT2D eigenvalue weighted by Gasteiger charge is 2.34. The average molecular weight is 470 g/mol. The Morgan fingerprint density at radius 1 is 1.52 bits per heavy atom. The lowest BCUT2D eigenvalue weighted by atomic mass is 10.1. The monoisotopic (exact) mass is 469 g/mol. The summed E-state index contributed by atoms with van der Waals surface area (Å²) in [6, 6.07) is 3.71. The number of carbonyl (C=O) groups excluding carboxylic acids is 1. The summed E-state index contributed by atoms with van der Waals surface area (Å²) in [5.41, 5.74) is 0.822. The van der Waals surface area contributed by atoms with Crippen LogP contribution < -0.4 is 9.47 Å². The number of hydrogen-bond acceptors (Lipinski definition) is 6. The molecule has 2 aliphatic heterocycles. The molecule has 2 fully saturated rings. The number of nitrogens with zero attached hydrogens (tertiary/aromatic N) is 1. The van der Waals surface area contributed by atoms with E-state index in [2.05, 4.69) is 22.5 Å². The molecule has 3 rings (SSSR count). The second-order valence-corrected chi connectivity index (χ2v) is 8.59. The van der Waals surface area contributed by atoms with Crippen LogP contribution in [0.25, 0.3) is 6.08 Å². The lowest BCUT2D eigenvalue weighted by Crippen LogP contribution is -2.35. The van der Waals surface area contributed by atoms with Crippen LogP contribution in [0, 0.1) is 0 Å². The first-order valence-corrected chi connectivity index (χ1v) is 10.5. The van der Waals surface area contributed by atoms with E-state index in [9.17, 15) is 4.79 Å². The fraction of sp³-hybridized carbons (Fsp3) is 0.368.